The van der Waals surface area contributed by atoms with E-state index in [1.54, 1.807) is 0 Å². The van der Waals surface area contributed by atoms with Crippen molar-refractivity contribution in [2.75, 3.05) is 5.88 Å². The average Bonchev–Trinajstić information content (AvgIpc) is 3.00. The van der Waals surface area contributed by atoms with Crippen molar-refractivity contribution in [1.29, 1.82) is 0 Å². The van der Waals surface area contributed by atoms with Gasteiger partial charge >= 0.3 is 0 Å². The minimum Gasteiger partial charge on any atom is -0.126 e. The summed E-state index contributed by atoms with van der Waals surface area (Å²) in [6, 6.07) is 0. The van der Waals surface area contributed by atoms with Gasteiger partial charge in [0.1, 0.15) is 0 Å². The minimum atomic E-state index is 0.757. The summed E-state index contributed by atoms with van der Waals surface area (Å²) in [7, 11) is 0. The van der Waals surface area contributed by atoms with Crippen molar-refractivity contribution < 1.29 is 0 Å². The minimum absolute atomic E-state index is 0.757. The third-order valence-electron chi connectivity index (χ3n) is 4.75. The van der Waals surface area contributed by atoms with Crippen LogP contribution in [0, 0.1) is 23.2 Å². The summed E-state index contributed by atoms with van der Waals surface area (Å²) >= 11 is 5.96. The Morgan fingerprint density at radius 1 is 1.08 bits per heavy atom. The van der Waals surface area contributed by atoms with Crippen molar-refractivity contribution in [1.82, 2.24) is 0 Å². The van der Waals surface area contributed by atoms with Gasteiger partial charge in [-0.05, 0) is 55.3 Å². The first-order valence-corrected chi connectivity index (χ1v) is 6.43. The van der Waals surface area contributed by atoms with Gasteiger partial charge < -0.3 is 0 Å². The molecule has 0 heterocycles. The molecule has 0 amide bonds. The van der Waals surface area contributed by atoms with Crippen molar-refractivity contribution in [3.63, 3.8) is 0 Å². The van der Waals surface area contributed by atoms with E-state index in [9.17, 15) is 0 Å². The molecule has 3 saturated carbocycles. The zero-order valence-electron chi connectivity index (χ0n) is 8.27. The van der Waals surface area contributed by atoms with Gasteiger partial charge in [0.05, 0.1) is 0 Å². The number of alkyl halides is 1. The van der Waals surface area contributed by atoms with E-state index >= 15 is 0 Å². The van der Waals surface area contributed by atoms with Crippen molar-refractivity contribution in [2.45, 2.75) is 44.9 Å². The van der Waals surface area contributed by atoms with Crippen LogP contribution in [0.2, 0.25) is 0 Å². The molecule has 74 valence electrons. The van der Waals surface area contributed by atoms with Crippen LogP contribution in [0.1, 0.15) is 44.9 Å². The largest absolute Gasteiger partial charge is 0.126 e. The lowest BCUT2D eigenvalue weighted by molar-refractivity contribution is 0.212. The van der Waals surface area contributed by atoms with Gasteiger partial charge in [-0.1, -0.05) is 12.8 Å². The van der Waals surface area contributed by atoms with Crippen LogP contribution in [-0.4, -0.2) is 5.88 Å². The Bertz CT molecular complexity index is 209. The smallest absolute Gasteiger partial charge is 0.0257 e. The second-order valence-electron chi connectivity index (χ2n) is 5.61. The molecule has 0 nitrogen and oxygen atoms in total. The molecule has 3 fully saturated rings. The molecule has 0 radical (unpaired) electrons. The predicted molar refractivity (Wildman–Crippen MR) is 55.9 cm³/mol. The summed E-state index contributed by atoms with van der Waals surface area (Å²) in [5, 5.41) is 0. The van der Waals surface area contributed by atoms with Crippen molar-refractivity contribution in [3.05, 3.63) is 0 Å². The molecular weight excluding hydrogens is 180 g/mol. The molecule has 3 aliphatic carbocycles. The normalized spacial score (nSPS) is 49.6. The van der Waals surface area contributed by atoms with Crippen LogP contribution in [0.5, 0.6) is 0 Å². The Balaban J connectivity index is 1.64. The Hall–Kier alpha value is 0.290. The Morgan fingerprint density at radius 2 is 1.92 bits per heavy atom. The number of halogens is 1. The number of hydrogen-bond donors (Lipinski definition) is 0. The van der Waals surface area contributed by atoms with Crippen molar-refractivity contribution >= 4 is 11.6 Å². The third kappa shape index (κ3) is 1.42. The molecule has 0 aliphatic heterocycles. The maximum atomic E-state index is 5.96. The van der Waals surface area contributed by atoms with E-state index < -0.39 is 0 Å². The number of hydrogen-bond acceptors (Lipinski definition) is 0. The lowest BCUT2D eigenvalue weighted by atomic mass is 9.76. The molecule has 3 atom stereocenters. The van der Waals surface area contributed by atoms with Crippen LogP contribution in [0.4, 0.5) is 0 Å². The molecule has 3 rings (SSSR count). The molecule has 3 aliphatic rings. The average molecular weight is 199 g/mol. The monoisotopic (exact) mass is 198 g/mol. The van der Waals surface area contributed by atoms with Gasteiger partial charge in [0.2, 0.25) is 0 Å². The highest BCUT2D eigenvalue weighted by atomic mass is 35.5. The standard InChI is InChI=1S/C12H19Cl/c13-8-11-7-12(11)5-1-2-10(6-12)9-3-4-9/h9-11H,1-8H2. The lowest BCUT2D eigenvalue weighted by Crippen LogP contribution is -2.20. The van der Waals surface area contributed by atoms with Gasteiger partial charge in [0, 0.05) is 5.88 Å². The highest BCUT2D eigenvalue weighted by molar-refractivity contribution is 6.18. The van der Waals surface area contributed by atoms with Crippen LogP contribution in [-0.2, 0) is 0 Å². The molecule has 1 heteroatoms. The SMILES string of the molecule is ClCC1CC12CCCC(C1CC1)C2. The van der Waals surface area contributed by atoms with Crippen LogP contribution < -0.4 is 0 Å². The van der Waals surface area contributed by atoms with Crippen LogP contribution in [0.3, 0.4) is 0 Å². The Morgan fingerprint density at radius 3 is 2.54 bits per heavy atom. The quantitative estimate of drug-likeness (QED) is 0.592. The topological polar surface area (TPSA) is 0 Å². The summed E-state index contributed by atoms with van der Waals surface area (Å²) < 4.78 is 0. The van der Waals surface area contributed by atoms with Crippen LogP contribution >= 0.6 is 11.6 Å². The Kier molecular flexibility index (Phi) is 1.91. The summed E-state index contributed by atoms with van der Waals surface area (Å²) in [6.07, 6.45) is 10.6. The van der Waals surface area contributed by atoms with Crippen molar-refractivity contribution in [2.24, 2.45) is 23.2 Å². The maximum Gasteiger partial charge on any atom is 0.0257 e. The highest BCUT2D eigenvalue weighted by Crippen LogP contribution is 2.64. The van der Waals surface area contributed by atoms with E-state index in [0.29, 0.717) is 0 Å². The second kappa shape index (κ2) is 2.89. The summed E-state index contributed by atoms with van der Waals surface area (Å²) in [5.41, 5.74) is 0.757. The summed E-state index contributed by atoms with van der Waals surface area (Å²) in [6.45, 7) is 0. The zero-order valence-corrected chi connectivity index (χ0v) is 9.02. The fourth-order valence-corrected chi connectivity index (χ4v) is 4.06. The van der Waals surface area contributed by atoms with Gasteiger partial charge in [-0.3, -0.25) is 0 Å². The molecule has 0 saturated heterocycles. The lowest BCUT2D eigenvalue weighted by Gasteiger charge is -2.30. The second-order valence-corrected chi connectivity index (χ2v) is 5.92. The maximum absolute atomic E-state index is 5.96. The zero-order chi connectivity index (χ0) is 8.89. The van der Waals surface area contributed by atoms with E-state index in [0.717, 1.165) is 29.0 Å². The molecule has 0 aromatic rings. The van der Waals surface area contributed by atoms with E-state index in [1.807, 2.05) is 0 Å². The molecule has 3 unspecified atom stereocenters. The molecule has 0 bridgehead atoms. The summed E-state index contributed by atoms with van der Waals surface area (Å²) in [5.74, 6) is 4.06. The van der Waals surface area contributed by atoms with Crippen LogP contribution in [0.15, 0.2) is 0 Å². The van der Waals surface area contributed by atoms with E-state index in [1.165, 1.54) is 44.9 Å². The van der Waals surface area contributed by atoms with E-state index in [-0.39, 0.29) is 0 Å². The highest BCUT2D eigenvalue weighted by Gasteiger charge is 2.56. The first-order chi connectivity index (χ1) is 6.34. The van der Waals surface area contributed by atoms with Gasteiger partial charge in [-0.2, -0.15) is 0 Å². The van der Waals surface area contributed by atoms with E-state index in [2.05, 4.69) is 0 Å². The van der Waals surface area contributed by atoms with Gasteiger partial charge in [0.25, 0.3) is 0 Å². The van der Waals surface area contributed by atoms with Crippen LogP contribution in [0.25, 0.3) is 0 Å². The Labute approximate surface area is 86.0 Å². The van der Waals surface area contributed by atoms with E-state index in [4.69, 9.17) is 11.6 Å². The first-order valence-electron chi connectivity index (χ1n) is 5.90. The van der Waals surface area contributed by atoms with Crippen molar-refractivity contribution in [3.8, 4) is 0 Å². The first kappa shape index (κ1) is 8.59. The predicted octanol–water partition coefficient (Wildman–Crippen LogP) is 3.83. The molecule has 1 spiro atoms. The molecule has 0 N–H and O–H groups in total. The third-order valence-corrected chi connectivity index (χ3v) is 5.12. The summed E-state index contributed by atoms with van der Waals surface area (Å²) in [4.78, 5) is 0. The fourth-order valence-electron chi connectivity index (χ4n) is 3.62. The molecule has 0 aromatic heterocycles. The number of rotatable bonds is 2. The molecule has 13 heavy (non-hydrogen) atoms. The van der Waals surface area contributed by atoms with Gasteiger partial charge in [-0.25, -0.2) is 0 Å². The fraction of sp³-hybridized carbons (Fsp3) is 1.00. The van der Waals surface area contributed by atoms with Gasteiger partial charge in [0.15, 0.2) is 0 Å². The molecule has 0 aromatic carbocycles. The molecular formula is C12H19Cl. The van der Waals surface area contributed by atoms with Gasteiger partial charge in [-0.15, -0.1) is 11.6 Å².